The number of nitrogens with zero attached hydrogens (tertiary/aromatic N) is 2. The van der Waals surface area contributed by atoms with Crippen LogP contribution < -0.4 is 5.32 Å². The first kappa shape index (κ1) is 14.0. The van der Waals surface area contributed by atoms with E-state index in [0.717, 1.165) is 37.5 Å². The molecule has 1 aliphatic heterocycles. The van der Waals surface area contributed by atoms with Gasteiger partial charge in [0.05, 0.1) is 12.3 Å². The molecule has 106 valence electrons. The van der Waals surface area contributed by atoms with E-state index in [0.29, 0.717) is 6.61 Å². The molecule has 0 unspecified atom stereocenters. The van der Waals surface area contributed by atoms with Crippen molar-refractivity contribution in [2.75, 3.05) is 26.8 Å². The van der Waals surface area contributed by atoms with Gasteiger partial charge in [-0.25, -0.2) is 4.98 Å². The highest BCUT2D eigenvalue weighted by atomic mass is 16.5. The zero-order valence-corrected chi connectivity index (χ0v) is 11.7. The van der Waals surface area contributed by atoms with Crippen molar-refractivity contribution in [2.45, 2.75) is 32.9 Å². The van der Waals surface area contributed by atoms with Crippen molar-refractivity contribution in [1.82, 2.24) is 15.2 Å². The van der Waals surface area contributed by atoms with Crippen molar-refractivity contribution in [2.24, 2.45) is 0 Å². The third-order valence-electron chi connectivity index (χ3n) is 3.24. The van der Waals surface area contributed by atoms with E-state index in [-0.39, 0.29) is 17.8 Å². The number of likely N-dealkylation sites (N-methyl/N-ethyl adjacent to an activating group) is 1. The molecule has 0 bridgehead atoms. The van der Waals surface area contributed by atoms with Crippen LogP contribution in [0, 0.1) is 0 Å². The number of nitrogens with one attached hydrogen (secondary N) is 1. The number of amides is 1. The van der Waals surface area contributed by atoms with Crippen molar-refractivity contribution in [1.29, 1.82) is 0 Å². The Labute approximate surface area is 113 Å². The summed E-state index contributed by atoms with van der Waals surface area (Å²) in [5.74, 6) is 0.724. The van der Waals surface area contributed by atoms with Gasteiger partial charge in [0, 0.05) is 32.7 Å². The normalized spacial score (nSPS) is 17.0. The molecule has 0 spiro atoms. The number of methoxy groups -OCH3 is 1. The number of ether oxygens (including phenoxy) is 1. The monoisotopic (exact) mass is 267 g/mol. The summed E-state index contributed by atoms with van der Waals surface area (Å²) in [6.45, 7) is 7.17. The third-order valence-corrected chi connectivity index (χ3v) is 3.24. The van der Waals surface area contributed by atoms with E-state index in [2.05, 4.69) is 22.1 Å². The molecule has 2 heterocycles. The predicted octanol–water partition coefficient (Wildman–Crippen LogP) is 0.817. The van der Waals surface area contributed by atoms with Crippen molar-refractivity contribution >= 4 is 5.91 Å². The molecule has 0 radical (unpaired) electrons. The quantitative estimate of drug-likeness (QED) is 0.855. The molecule has 0 saturated carbocycles. The summed E-state index contributed by atoms with van der Waals surface area (Å²) >= 11 is 0. The summed E-state index contributed by atoms with van der Waals surface area (Å²) in [6, 6.07) is -0.0615. The van der Waals surface area contributed by atoms with E-state index < -0.39 is 0 Å². The van der Waals surface area contributed by atoms with Crippen LogP contribution in [0.15, 0.2) is 4.42 Å². The van der Waals surface area contributed by atoms with E-state index in [1.165, 1.54) is 0 Å². The fourth-order valence-electron chi connectivity index (χ4n) is 2.20. The number of aromatic nitrogens is 1. The fourth-order valence-corrected chi connectivity index (χ4v) is 2.20. The Bertz CT molecular complexity index is 444. The molecule has 0 aliphatic carbocycles. The Hall–Kier alpha value is -1.40. The van der Waals surface area contributed by atoms with Gasteiger partial charge in [0.1, 0.15) is 5.76 Å². The second kappa shape index (κ2) is 6.16. The minimum absolute atomic E-state index is 0.0615. The van der Waals surface area contributed by atoms with Gasteiger partial charge in [-0.15, -0.1) is 0 Å². The highest BCUT2D eigenvalue weighted by molar-refractivity contribution is 5.89. The molecular formula is C13H21N3O3. The van der Waals surface area contributed by atoms with Crippen LogP contribution in [0.3, 0.4) is 0 Å². The Balaban J connectivity index is 2.02. The van der Waals surface area contributed by atoms with E-state index >= 15 is 0 Å². The maximum Gasteiger partial charge on any atom is 0.307 e. The summed E-state index contributed by atoms with van der Waals surface area (Å²) in [5.41, 5.74) is 0.887. The smallest absolute Gasteiger partial charge is 0.307 e. The molecule has 1 atom stereocenters. The Morgan fingerprint density at radius 1 is 1.63 bits per heavy atom. The van der Waals surface area contributed by atoms with Crippen LogP contribution in [0.25, 0.3) is 0 Å². The van der Waals surface area contributed by atoms with Gasteiger partial charge in [0.15, 0.2) is 0 Å². The van der Waals surface area contributed by atoms with Gasteiger partial charge in [0.2, 0.25) is 0 Å². The maximum absolute atomic E-state index is 12.0. The highest BCUT2D eigenvalue weighted by Crippen LogP contribution is 2.19. The summed E-state index contributed by atoms with van der Waals surface area (Å²) in [6.07, 6.45) is 0.817. The van der Waals surface area contributed by atoms with Gasteiger partial charge < -0.3 is 14.5 Å². The van der Waals surface area contributed by atoms with Gasteiger partial charge in [0.25, 0.3) is 5.89 Å². The first-order valence-corrected chi connectivity index (χ1v) is 6.64. The maximum atomic E-state index is 12.0. The first-order valence-electron chi connectivity index (χ1n) is 6.64. The lowest BCUT2D eigenvalue weighted by Gasteiger charge is -2.22. The number of hydrogen-bond donors (Lipinski definition) is 1. The molecule has 1 aliphatic rings. The number of carbonyl (C=O) groups excluding carboxylic acids is 1. The summed E-state index contributed by atoms with van der Waals surface area (Å²) in [7, 11) is 1.60. The van der Waals surface area contributed by atoms with Crippen LogP contribution in [0.5, 0.6) is 0 Å². The van der Waals surface area contributed by atoms with Crippen LogP contribution in [0.1, 0.15) is 36.0 Å². The average Bonchev–Trinajstić information content (AvgIpc) is 2.81. The minimum atomic E-state index is -0.276. The molecular weight excluding hydrogens is 246 g/mol. The SMILES string of the molecule is CCN1CCc2oc(C(=O)N[C@@H](C)COC)nc2C1. The average molecular weight is 267 g/mol. The Kier molecular flexibility index (Phi) is 4.55. The van der Waals surface area contributed by atoms with Crippen molar-refractivity contribution in [3.8, 4) is 0 Å². The lowest BCUT2D eigenvalue weighted by atomic mass is 10.2. The molecule has 6 nitrogen and oxygen atoms in total. The summed E-state index contributed by atoms with van der Waals surface area (Å²) in [4.78, 5) is 18.5. The lowest BCUT2D eigenvalue weighted by molar-refractivity contribution is 0.0869. The Morgan fingerprint density at radius 2 is 2.42 bits per heavy atom. The molecule has 1 aromatic heterocycles. The van der Waals surface area contributed by atoms with Crippen molar-refractivity contribution < 1.29 is 13.9 Å². The molecule has 6 heteroatoms. The topological polar surface area (TPSA) is 67.6 Å². The zero-order chi connectivity index (χ0) is 13.8. The molecule has 0 saturated heterocycles. The zero-order valence-electron chi connectivity index (χ0n) is 11.7. The van der Waals surface area contributed by atoms with E-state index in [1.807, 2.05) is 6.92 Å². The molecule has 1 amide bonds. The molecule has 0 aromatic carbocycles. The molecule has 1 N–H and O–H groups in total. The second-order valence-electron chi connectivity index (χ2n) is 4.84. The highest BCUT2D eigenvalue weighted by Gasteiger charge is 2.24. The number of fused-ring (bicyclic) bond motifs is 1. The van der Waals surface area contributed by atoms with Crippen LogP contribution in [-0.2, 0) is 17.7 Å². The van der Waals surface area contributed by atoms with Gasteiger partial charge in [-0.1, -0.05) is 6.92 Å². The Morgan fingerprint density at radius 3 is 3.11 bits per heavy atom. The van der Waals surface area contributed by atoms with Crippen LogP contribution >= 0.6 is 0 Å². The van der Waals surface area contributed by atoms with E-state index in [4.69, 9.17) is 9.15 Å². The molecule has 0 fully saturated rings. The largest absolute Gasteiger partial charge is 0.437 e. The fraction of sp³-hybridized carbons (Fsp3) is 0.692. The number of hydrogen-bond acceptors (Lipinski definition) is 5. The van der Waals surface area contributed by atoms with Gasteiger partial charge >= 0.3 is 5.91 Å². The predicted molar refractivity (Wildman–Crippen MR) is 70.0 cm³/mol. The standard InChI is InChI=1S/C13H21N3O3/c1-4-16-6-5-11-10(7-16)15-13(19-11)12(17)14-9(2)8-18-3/h9H,4-8H2,1-3H3,(H,14,17)/t9-/m0/s1. The molecule has 1 aromatic rings. The van der Waals surface area contributed by atoms with Crippen LogP contribution in [0.4, 0.5) is 0 Å². The van der Waals surface area contributed by atoms with E-state index in [1.54, 1.807) is 7.11 Å². The summed E-state index contributed by atoms with van der Waals surface area (Å²) < 4.78 is 10.5. The van der Waals surface area contributed by atoms with Crippen molar-refractivity contribution in [3.63, 3.8) is 0 Å². The van der Waals surface area contributed by atoms with Gasteiger partial charge in [-0.05, 0) is 13.5 Å². The summed E-state index contributed by atoms with van der Waals surface area (Å²) in [5, 5.41) is 2.80. The first-order chi connectivity index (χ1) is 9.13. The number of carbonyl (C=O) groups is 1. The van der Waals surface area contributed by atoms with Crippen molar-refractivity contribution in [3.05, 3.63) is 17.3 Å². The third kappa shape index (κ3) is 3.33. The molecule has 2 rings (SSSR count). The molecule has 19 heavy (non-hydrogen) atoms. The lowest BCUT2D eigenvalue weighted by Crippen LogP contribution is -2.35. The second-order valence-corrected chi connectivity index (χ2v) is 4.84. The number of rotatable bonds is 5. The minimum Gasteiger partial charge on any atom is -0.437 e. The van der Waals surface area contributed by atoms with Crippen LogP contribution in [0.2, 0.25) is 0 Å². The van der Waals surface area contributed by atoms with Gasteiger partial charge in [-0.2, -0.15) is 0 Å². The van der Waals surface area contributed by atoms with Crippen LogP contribution in [-0.4, -0.2) is 48.6 Å². The van der Waals surface area contributed by atoms with Gasteiger partial charge in [-0.3, -0.25) is 9.69 Å². The van der Waals surface area contributed by atoms with E-state index in [9.17, 15) is 4.79 Å². The number of oxazole rings is 1.